The third kappa shape index (κ3) is 3.71. The predicted octanol–water partition coefficient (Wildman–Crippen LogP) is 4.72. The molecule has 4 nitrogen and oxygen atoms in total. The van der Waals surface area contributed by atoms with Gasteiger partial charge < -0.3 is 10.2 Å². The Morgan fingerprint density at radius 1 is 1.03 bits per heavy atom. The molecule has 0 amide bonds. The van der Waals surface area contributed by atoms with Crippen molar-refractivity contribution in [2.24, 2.45) is 0 Å². The predicted molar refractivity (Wildman–Crippen MR) is 115 cm³/mol. The van der Waals surface area contributed by atoms with Crippen LogP contribution in [0.25, 0.3) is 10.9 Å². The maximum Gasteiger partial charge on any atom is 0.226 e. The van der Waals surface area contributed by atoms with Crippen LogP contribution in [0, 0.1) is 12.7 Å². The molecule has 1 saturated carbocycles. The average molecular weight is 391 g/mol. The molecule has 2 fully saturated rings. The molecule has 1 aliphatic carbocycles. The molecule has 1 atom stereocenters. The Hall–Kier alpha value is -2.53. The van der Waals surface area contributed by atoms with E-state index in [1.54, 1.807) is 6.07 Å². The Balaban J connectivity index is 1.30. The van der Waals surface area contributed by atoms with Gasteiger partial charge in [-0.1, -0.05) is 30.3 Å². The first-order valence-electron chi connectivity index (χ1n) is 10.7. The fraction of sp³-hybridized carbons (Fsp3) is 0.417. The lowest BCUT2D eigenvalue weighted by molar-refractivity contribution is 0.391. The van der Waals surface area contributed by atoms with E-state index in [4.69, 9.17) is 9.97 Å². The molecule has 1 saturated heterocycles. The number of hydrogen-bond acceptors (Lipinski definition) is 4. The van der Waals surface area contributed by atoms with Gasteiger partial charge in [0.1, 0.15) is 5.82 Å². The molecule has 1 N–H and O–H groups in total. The van der Waals surface area contributed by atoms with Crippen molar-refractivity contribution in [3.8, 4) is 0 Å². The highest BCUT2D eigenvalue weighted by Gasteiger charge is 2.45. The van der Waals surface area contributed by atoms with Gasteiger partial charge in [0.2, 0.25) is 5.95 Å². The number of hydrogen-bond donors (Lipinski definition) is 1. The highest BCUT2D eigenvalue weighted by Crippen LogP contribution is 2.46. The second-order valence-electron chi connectivity index (χ2n) is 8.48. The van der Waals surface area contributed by atoms with Gasteiger partial charge in [0.25, 0.3) is 0 Å². The molecule has 5 heteroatoms. The average Bonchev–Trinajstić information content (AvgIpc) is 3.54. The van der Waals surface area contributed by atoms with E-state index in [-0.39, 0.29) is 11.4 Å². The van der Waals surface area contributed by atoms with E-state index in [1.165, 1.54) is 37.0 Å². The number of anilines is 1. The number of aryl methyl sites for hydroxylation is 1. The van der Waals surface area contributed by atoms with E-state index in [9.17, 15) is 4.39 Å². The van der Waals surface area contributed by atoms with Crippen LogP contribution in [0.1, 0.15) is 43.4 Å². The van der Waals surface area contributed by atoms with E-state index in [1.807, 2.05) is 6.92 Å². The Morgan fingerprint density at radius 2 is 1.86 bits per heavy atom. The summed E-state index contributed by atoms with van der Waals surface area (Å²) >= 11 is 0. The first-order valence-corrected chi connectivity index (χ1v) is 10.7. The van der Waals surface area contributed by atoms with Gasteiger partial charge in [-0.05, 0) is 62.8 Å². The van der Waals surface area contributed by atoms with Crippen molar-refractivity contribution in [1.29, 1.82) is 0 Å². The number of benzene rings is 2. The first-order chi connectivity index (χ1) is 14.1. The van der Waals surface area contributed by atoms with Gasteiger partial charge in [0.05, 0.1) is 11.2 Å². The summed E-state index contributed by atoms with van der Waals surface area (Å²) in [4.78, 5) is 11.7. The van der Waals surface area contributed by atoms with Crippen LogP contribution in [0.5, 0.6) is 0 Å². The van der Waals surface area contributed by atoms with Crippen LogP contribution in [-0.4, -0.2) is 29.1 Å². The smallest absolute Gasteiger partial charge is 0.226 e. The van der Waals surface area contributed by atoms with E-state index in [2.05, 4.69) is 40.5 Å². The molecular formula is C24H27FN4. The zero-order valence-corrected chi connectivity index (χ0v) is 16.9. The van der Waals surface area contributed by atoms with E-state index in [0.29, 0.717) is 6.04 Å². The Bertz CT molecular complexity index is 1020. The number of rotatable bonds is 4. The van der Waals surface area contributed by atoms with Crippen molar-refractivity contribution >= 4 is 16.9 Å². The molecule has 2 aliphatic rings. The summed E-state index contributed by atoms with van der Waals surface area (Å²) in [7, 11) is 0. The Kier molecular flexibility index (Phi) is 4.70. The minimum atomic E-state index is -0.243. The van der Waals surface area contributed by atoms with Gasteiger partial charge in [-0.25, -0.2) is 14.4 Å². The monoisotopic (exact) mass is 390 g/mol. The lowest BCUT2D eigenvalue weighted by Crippen LogP contribution is -2.39. The van der Waals surface area contributed by atoms with Crippen LogP contribution in [0.15, 0.2) is 48.5 Å². The molecule has 2 aromatic carbocycles. The van der Waals surface area contributed by atoms with Gasteiger partial charge in [-0.2, -0.15) is 0 Å². The zero-order chi connectivity index (χ0) is 19.8. The lowest BCUT2D eigenvalue weighted by atomic mass is 10.0. The molecule has 1 aliphatic heterocycles. The minimum Gasteiger partial charge on any atom is -0.341 e. The van der Waals surface area contributed by atoms with Crippen LogP contribution in [0.4, 0.5) is 10.3 Å². The maximum atomic E-state index is 13.6. The molecule has 5 rings (SSSR count). The Morgan fingerprint density at radius 3 is 2.66 bits per heavy atom. The van der Waals surface area contributed by atoms with Crippen molar-refractivity contribution in [3.05, 3.63) is 65.6 Å². The molecule has 0 spiro atoms. The van der Waals surface area contributed by atoms with Crippen LogP contribution < -0.4 is 10.2 Å². The van der Waals surface area contributed by atoms with Gasteiger partial charge >= 0.3 is 0 Å². The number of aromatic nitrogens is 2. The van der Waals surface area contributed by atoms with E-state index >= 15 is 0 Å². The highest BCUT2D eigenvalue weighted by molar-refractivity contribution is 5.81. The third-order valence-electron chi connectivity index (χ3n) is 6.40. The number of fused-ring (bicyclic) bond motifs is 1. The van der Waals surface area contributed by atoms with Gasteiger partial charge in [-0.15, -0.1) is 0 Å². The summed E-state index contributed by atoms with van der Waals surface area (Å²) in [6.45, 7) is 3.84. The van der Waals surface area contributed by atoms with Crippen molar-refractivity contribution in [2.75, 3.05) is 18.0 Å². The third-order valence-corrected chi connectivity index (χ3v) is 6.40. The number of nitrogens with zero attached hydrogens (tertiary/aromatic N) is 3. The van der Waals surface area contributed by atoms with Crippen molar-refractivity contribution in [1.82, 2.24) is 15.3 Å². The van der Waals surface area contributed by atoms with Crippen molar-refractivity contribution < 1.29 is 4.39 Å². The Labute approximate surface area is 171 Å². The largest absolute Gasteiger partial charge is 0.341 e. The number of halogens is 1. The molecule has 1 unspecified atom stereocenters. The SMILES string of the molecule is Cc1nc(N2CCCC(NC3(c4ccccc4)CC3)CC2)nc2ccc(F)cc12. The van der Waals surface area contributed by atoms with Crippen LogP contribution >= 0.6 is 0 Å². The summed E-state index contributed by atoms with van der Waals surface area (Å²) in [5.74, 6) is 0.527. The van der Waals surface area contributed by atoms with Crippen LogP contribution in [0.2, 0.25) is 0 Å². The van der Waals surface area contributed by atoms with Gasteiger partial charge in [0, 0.05) is 30.1 Å². The van der Waals surface area contributed by atoms with Gasteiger partial charge in [0.15, 0.2) is 0 Å². The van der Waals surface area contributed by atoms with E-state index in [0.717, 1.165) is 48.5 Å². The maximum absolute atomic E-state index is 13.6. The fourth-order valence-corrected chi connectivity index (χ4v) is 4.61. The molecule has 0 bridgehead atoms. The van der Waals surface area contributed by atoms with Gasteiger partial charge in [-0.3, -0.25) is 0 Å². The lowest BCUT2D eigenvalue weighted by Gasteiger charge is -2.25. The first kappa shape index (κ1) is 18.5. The summed E-state index contributed by atoms with van der Waals surface area (Å²) in [6.07, 6.45) is 5.81. The second kappa shape index (κ2) is 7.38. The zero-order valence-electron chi connectivity index (χ0n) is 16.9. The van der Waals surface area contributed by atoms with E-state index < -0.39 is 0 Å². The molecule has 1 aromatic heterocycles. The summed E-state index contributed by atoms with van der Waals surface area (Å²) in [5, 5.41) is 4.77. The summed E-state index contributed by atoms with van der Waals surface area (Å²) < 4.78 is 13.6. The normalized spacial score (nSPS) is 21.2. The molecule has 3 aromatic rings. The standard InChI is InChI=1S/C24H27FN4/c1-17-21-16-19(25)9-10-22(21)27-23(26-17)29-14-5-8-20(11-15-29)28-24(12-13-24)18-6-3-2-4-7-18/h2-4,6-7,9-10,16,20,28H,5,8,11-15H2,1H3. The molecule has 150 valence electrons. The van der Waals surface area contributed by atoms with Crippen molar-refractivity contribution in [3.63, 3.8) is 0 Å². The topological polar surface area (TPSA) is 41.1 Å². The second-order valence-corrected chi connectivity index (χ2v) is 8.48. The summed E-state index contributed by atoms with van der Waals surface area (Å²) in [5.41, 5.74) is 3.25. The molecular weight excluding hydrogens is 363 g/mol. The quantitative estimate of drug-likeness (QED) is 0.700. The number of nitrogens with one attached hydrogen (secondary N) is 1. The van der Waals surface area contributed by atoms with Crippen LogP contribution in [0.3, 0.4) is 0 Å². The molecule has 2 heterocycles. The van der Waals surface area contributed by atoms with Crippen LogP contribution in [-0.2, 0) is 5.54 Å². The fourth-order valence-electron chi connectivity index (χ4n) is 4.61. The minimum absolute atomic E-state index is 0.182. The molecule has 29 heavy (non-hydrogen) atoms. The van der Waals surface area contributed by atoms with Crippen molar-refractivity contribution in [2.45, 2.75) is 50.6 Å². The molecule has 0 radical (unpaired) electrons. The summed E-state index contributed by atoms with van der Waals surface area (Å²) in [6, 6.07) is 16.1. The highest BCUT2D eigenvalue weighted by atomic mass is 19.1.